The normalized spacial score (nSPS) is 13.7. The first kappa shape index (κ1) is 21.4. The van der Waals surface area contributed by atoms with Gasteiger partial charge in [-0.15, -0.1) is 0 Å². The average molecular weight is 427 g/mol. The SMILES string of the molecule is CCOc1ccc(NC2=C(c3ccc(C)cc3C)C(=O)N(c3ccc(C)cc3)C2=O)cc1. The van der Waals surface area contributed by atoms with Crippen molar-refractivity contribution >= 4 is 28.8 Å². The molecule has 2 amide bonds. The lowest BCUT2D eigenvalue weighted by Gasteiger charge is -2.16. The molecule has 5 heteroatoms. The molecule has 3 aromatic carbocycles. The molecule has 32 heavy (non-hydrogen) atoms. The van der Waals surface area contributed by atoms with Crippen LogP contribution in [-0.2, 0) is 9.59 Å². The Bertz CT molecular complexity index is 1210. The summed E-state index contributed by atoms with van der Waals surface area (Å²) in [6.45, 7) is 8.43. The second kappa shape index (κ2) is 8.71. The fourth-order valence-electron chi connectivity index (χ4n) is 3.86. The first-order valence-corrected chi connectivity index (χ1v) is 10.7. The third-order valence-corrected chi connectivity index (χ3v) is 5.46. The van der Waals surface area contributed by atoms with Crippen LogP contribution in [0.3, 0.4) is 0 Å². The summed E-state index contributed by atoms with van der Waals surface area (Å²) in [5, 5.41) is 3.20. The number of benzene rings is 3. The number of imide groups is 1. The van der Waals surface area contributed by atoms with Gasteiger partial charge >= 0.3 is 0 Å². The van der Waals surface area contributed by atoms with Gasteiger partial charge in [0.15, 0.2) is 0 Å². The number of hydrogen-bond donors (Lipinski definition) is 1. The number of anilines is 2. The van der Waals surface area contributed by atoms with E-state index in [0.717, 1.165) is 28.0 Å². The van der Waals surface area contributed by atoms with Crippen LogP contribution in [0.25, 0.3) is 5.57 Å². The summed E-state index contributed by atoms with van der Waals surface area (Å²) >= 11 is 0. The minimum atomic E-state index is -0.372. The van der Waals surface area contributed by atoms with Gasteiger partial charge in [0.05, 0.1) is 17.9 Å². The molecule has 0 fully saturated rings. The number of ether oxygens (including phenoxy) is 1. The lowest BCUT2D eigenvalue weighted by Crippen LogP contribution is -2.32. The van der Waals surface area contributed by atoms with Crippen LogP contribution >= 0.6 is 0 Å². The Morgan fingerprint density at radius 2 is 1.47 bits per heavy atom. The van der Waals surface area contributed by atoms with Crippen molar-refractivity contribution in [3.8, 4) is 5.75 Å². The number of hydrogen-bond acceptors (Lipinski definition) is 4. The molecule has 3 aromatic rings. The molecule has 162 valence electrons. The monoisotopic (exact) mass is 426 g/mol. The largest absolute Gasteiger partial charge is 0.494 e. The maximum absolute atomic E-state index is 13.6. The van der Waals surface area contributed by atoms with Crippen molar-refractivity contribution in [3.05, 3.63) is 94.7 Å². The van der Waals surface area contributed by atoms with E-state index in [1.54, 1.807) is 12.1 Å². The van der Waals surface area contributed by atoms with Crippen LogP contribution < -0.4 is 15.0 Å². The summed E-state index contributed by atoms with van der Waals surface area (Å²) in [7, 11) is 0. The fraction of sp³-hybridized carbons (Fsp3) is 0.185. The van der Waals surface area contributed by atoms with E-state index in [1.807, 2.05) is 82.3 Å². The Balaban J connectivity index is 1.79. The first-order valence-electron chi connectivity index (χ1n) is 10.7. The lowest BCUT2D eigenvalue weighted by molar-refractivity contribution is -0.120. The first-order chi connectivity index (χ1) is 15.4. The molecule has 0 bridgehead atoms. The molecule has 0 saturated heterocycles. The van der Waals surface area contributed by atoms with E-state index in [9.17, 15) is 9.59 Å². The molecule has 0 aliphatic carbocycles. The molecule has 0 saturated carbocycles. The molecule has 1 N–H and O–H groups in total. The van der Waals surface area contributed by atoms with E-state index in [1.165, 1.54) is 4.90 Å². The van der Waals surface area contributed by atoms with Crippen molar-refractivity contribution in [2.75, 3.05) is 16.8 Å². The minimum absolute atomic E-state index is 0.270. The molecule has 1 aliphatic heterocycles. The summed E-state index contributed by atoms with van der Waals surface area (Å²) in [5.41, 5.74) is 5.75. The quantitative estimate of drug-likeness (QED) is 0.536. The van der Waals surface area contributed by atoms with Gasteiger partial charge in [-0.1, -0.05) is 41.5 Å². The van der Waals surface area contributed by atoms with Crippen LogP contribution in [0.5, 0.6) is 5.75 Å². The van der Waals surface area contributed by atoms with Gasteiger partial charge in [0, 0.05) is 5.69 Å². The smallest absolute Gasteiger partial charge is 0.282 e. The average Bonchev–Trinajstić information content (AvgIpc) is 3.00. The number of nitrogens with zero attached hydrogens (tertiary/aromatic N) is 1. The maximum Gasteiger partial charge on any atom is 0.282 e. The zero-order valence-electron chi connectivity index (χ0n) is 18.7. The third kappa shape index (κ3) is 4.02. The van der Waals surface area contributed by atoms with Crippen molar-refractivity contribution in [1.29, 1.82) is 0 Å². The van der Waals surface area contributed by atoms with Gasteiger partial charge in [-0.25, -0.2) is 4.90 Å². The van der Waals surface area contributed by atoms with Gasteiger partial charge in [0.1, 0.15) is 11.4 Å². The number of nitrogens with one attached hydrogen (secondary N) is 1. The zero-order valence-corrected chi connectivity index (χ0v) is 18.7. The standard InChI is InChI=1S/C27H26N2O3/c1-5-32-22-13-9-20(10-14-22)28-25-24(23-15-8-18(3)16-19(23)4)26(30)29(27(25)31)21-11-6-17(2)7-12-21/h6-16,28H,5H2,1-4H3. The molecule has 1 aliphatic rings. The Hall–Kier alpha value is -3.86. The molecule has 0 aromatic heterocycles. The van der Waals surface area contributed by atoms with Crippen molar-refractivity contribution in [1.82, 2.24) is 0 Å². The van der Waals surface area contributed by atoms with E-state index in [2.05, 4.69) is 5.32 Å². The predicted molar refractivity (Wildman–Crippen MR) is 128 cm³/mol. The van der Waals surface area contributed by atoms with Crippen LogP contribution in [0.1, 0.15) is 29.2 Å². The van der Waals surface area contributed by atoms with Gasteiger partial charge < -0.3 is 10.1 Å². The van der Waals surface area contributed by atoms with E-state index >= 15 is 0 Å². The third-order valence-electron chi connectivity index (χ3n) is 5.46. The molecule has 5 nitrogen and oxygen atoms in total. The highest BCUT2D eigenvalue weighted by molar-refractivity contribution is 6.46. The van der Waals surface area contributed by atoms with E-state index < -0.39 is 0 Å². The van der Waals surface area contributed by atoms with Crippen LogP contribution in [0, 0.1) is 20.8 Å². The van der Waals surface area contributed by atoms with Crippen LogP contribution in [0.15, 0.2) is 72.4 Å². The highest BCUT2D eigenvalue weighted by atomic mass is 16.5. The fourth-order valence-corrected chi connectivity index (χ4v) is 3.86. The van der Waals surface area contributed by atoms with Crippen molar-refractivity contribution in [2.45, 2.75) is 27.7 Å². The van der Waals surface area contributed by atoms with Gasteiger partial charge in [0.2, 0.25) is 0 Å². The molecular formula is C27H26N2O3. The highest BCUT2D eigenvalue weighted by Crippen LogP contribution is 2.35. The molecular weight excluding hydrogens is 400 g/mol. The Morgan fingerprint density at radius 3 is 2.09 bits per heavy atom. The Labute approximate surface area is 188 Å². The summed E-state index contributed by atoms with van der Waals surface area (Å²) < 4.78 is 5.50. The summed E-state index contributed by atoms with van der Waals surface area (Å²) in [6.07, 6.45) is 0. The predicted octanol–water partition coefficient (Wildman–Crippen LogP) is 5.41. The van der Waals surface area contributed by atoms with E-state index in [-0.39, 0.29) is 17.5 Å². The number of carbonyl (C=O) groups excluding carboxylic acids is 2. The molecule has 0 atom stereocenters. The Kier molecular flexibility index (Phi) is 5.82. The van der Waals surface area contributed by atoms with E-state index in [4.69, 9.17) is 4.74 Å². The Morgan fingerprint density at radius 1 is 0.812 bits per heavy atom. The van der Waals surface area contributed by atoms with Gasteiger partial charge in [-0.3, -0.25) is 9.59 Å². The van der Waals surface area contributed by atoms with Crippen LogP contribution in [0.2, 0.25) is 0 Å². The van der Waals surface area contributed by atoms with Crippen LogP contribution in [0.4, 0.5) is 11.4 Å². The van der Waals surface area contributed by atoms with Gasteiger partial charge in [-0.2, -0.15) is 0 Å². The molecule has 0 unspecified atom stereocenters. The topological polar surface area (TPSA) is 58.6 Å². The maximum atomic E-state index is 13.6. The van der Waals surface area contributed by atoms with Crippen molar-refractivity contribution < 1.29 is 14.3 Å². The van der Waals surface area contributed by atoms with Crippen molar-refractivity contribution in [2.24, 2.45) is 0 Å². The number of carbonyl (C=O) groups is 2. The number of aryl methyl sites for hydroxylation is 3. The lowest BCUT2D eigenvalue weighted by atomic mass is 9.97. The second-order valence-electron chi connectivity index (χ2n) is 7.93. The highest BCUT2D eigenvalue weighted by Gasteiger charge is 2.40. The summed E-state index contributed by atoms with van der Waals surface area (Å²) in [6, 6.07) is 20.6. The van der Waals surface area contributed by atoms with Gasteiger partial charge in [0.25, 0.3) is 11.8 Å². The number of rotatable bonds is 6. The minimum Gasteiger partial charge on any atom is -0.494 e. The van der Waals surface area contributed by atoms with Gasteiger partial charge in [-0.05, 0) is 75.2 Å². The molecule has 1 heterocycles. The molecule has 0 radical (unpaired) electrons. The second-order valence-corrected chi connectivity index (χ2v) is 7.93. The van der Waals surface area contributed by atoms with Crippen LogP contribution in [-0.4, -0.2) is 18.4 Å². The molecule has 0 spiro atoms. The number of amides is 2. The van der Waals surface area contributed by atoms with E-state index in [0.29, 0.717) is 23.6 Å². The summed E-state index contributed by atoms with van der Waals surface area (Å²) in [4.78, 5) is 28.3. The summed E-state index contributed by atoms with van der Waals surface area (Å²) in [5.74, 6) is 0.0405. The molecule has 4 rings (SSSR count). The van der Waals surface area contributed by atoms with Crippen molar-refractivity contribution in [3.63, 3.8) is 0 Å². The zero-order chi connectivity index (χ0) is 22.8.